The Morgan fingerprint density at radius 1 is 0.972 bits per heavy atom. The molecule has 7 nitrogen and oxygen atoms in total. The summed E-state index contributed by atoms with van der Waals surface area (Å²) in [6.07, 6.45) is 0. The molecule has 1 aromatic heterocycles. The predicted molar refractivity (Wildman–Crippen MR) is 136 cm³/mol. The van der Waals surface area contributed by atoms with Crippen LogP contribution in [0.4, 0.5) is 10.1 Å². The molecule has 1 N–H and O–H groups in total. The molecule has 186 valence electrons. The van der Waals surface area contributed by atoms with Crippen LogP contribution in [0.25, 0.3) is 11.0 Å². The molecule has 8 heteroatoms. The Hall–Kier alpha value is -4.04. The van der Waals surface area contributed by atoms with Gasteiger partial charge in [0.15, 0.2) is 0 Å². The largest absolute Gasteiger partial charge is 0.507 e. The molecule has 1 fully saturated rings. The van der Waals surface area contributed by atoms with Gasteiger partial charge in [0, 0.05) is 32.7 Å². The second kappa shape index (κ2) is 9.91. The topological polar surface area (TPSA) is 75.4 Å². The maximum absolute atomic E-state index is 14.2. The van der Waals surface area contributed by atoms with Gasteiger partial charge in [-0.2, -0.15) is 0 Å². The van der Waals surface area contributed by atoms with Crippen molar-refractivity contribution in [3.05, 3.63) is 88.0 Å². The normalized spacial score (nSPS) is 14.2. The van der Waals surface area contributed by atoms with Gasteiger partial charge in [0.1, 0.15) is 34.4 Å². The highest BCUT2D eigenvalue weighted by Crippen LogP contribution is 2.32. The number of aromatic hydroxyl groups is 1. The van der Waals surface area contributed by atoms with Gasteiger partial charge in [0.2, 0.25) is 11.2 Å². The highest BCUT2D eigenvalue weighted by Gasteiger charge is 2.23. The number of halogens is 1. The standard InChI is InChI=1S/C28H27FN2O5/c1-18-27(36-20-9-7-19(34-2)8-10-20)26(33)21-11-12-25(32)22(28(21)35-18)17-30-13-15-31(16-14-30)24-6-4-3-5-23(24)29/h3-12,32H,13-17H2,1-2H3. The number of fused-ring (bicyclic) bond motifs is 1. The third-order valence-corrected chi connectivity index (χ3v) is 6.49. The van der Waals surface area contributed by atoms with Crippen molar-refractivity contribution in [1.29, 1.82) is 0 Å². The van der Waals surface area contributed by atoms with Crippen LogP contribution in [0.5, 0.6) is 23.0 Å². The average Bonchev–Trinajstić information content (AvgIpc) is 2.89. The Morgan fingerprint density at radius 3 is 2.36 bits per heavy atom. The first-order valence-electron chi connectivity index (χ1n) is 11.8. The maximum Gasteiger partial charge on any atom is 0.235 e. The molecule has 5 rings (SSSR count). The number of anilines is 1. The van der Waals surface area contributed by atoms with Gasteiger partial charge in [-0.3, -0.25) is 9.69 Å². The lowest BCUT2D eigenvalue weighted by molar-refractivity contribution is 0.246. The minimum Gasteiger partial charge on any atom is -0.507 e. The first-order chi connectivity index (χ1) is 17.4. The molecule has 0 saturated carbocycles. The van der Waals surface area contributed by atoms with E-state index in [1.807, 2.05) is 11.0 Å². The SMILES string of the molecule is COc1ccc(Oc2c(C)oc3c(CN4CCN(c5ccccc5F)CC4)c(O)ccc3c2=O)cc1. The van der Waals surface area contributed by atoms with Crippen LogP contribution in [0.1, 0.15) is 11.3 Å². The number of nitrogens with zero attached hydrogens (tertiary/aromatic N) is 2. The van der Waals surface area contributed by atoms with Crippen LogP contribution in [-0.4, -0.2) is 43.3 Å². The van der Waals surface area contributed by atoms with Crippen LogP contribution in [-0.2, 0) is 6.54 Å². The molecule has 2 heterocycles. The fourth-order valence-electron chi connectivity index (χ4n) is 4.51. The first-order valence-corrected chi connectivity index (χ1v) is 11.8. The van der Waals surface area contributed by atoms with Crippen molar-refractivity contribution in [1.82, 2.24) is 4.90 Å². The predicted octanol–water partition coefficient (Wildman–Crippen LogP) is 5.07. The fourth-order valence-corrected chi connectivity index (χ4v) is 4.51. The molecule has 0 unspecified atom stereocenters. The van der Waals surface area contributed by atoms with Crippen molar-refractivity contribution in [2.45, 2.75) is 13.5 Å². The van der Waals surface area contributed by atoms with Gasteiger partial charge < -0.3 is 23.9 Å². The van der Waals surface area contributed by atoms with Crippen molar-refractivity contribution in [3.63, 3.8) is 0 Å². The third-order valence-electron chi connectivity index (χ3n) is 6.49. The van der Waals surface area contributed by atoms with Crippen molar-refractivity contribution in [2.75, 3.05) is 38.2 Å². The maximum atomic E-state index is 14.2. The number of hydrogen-bond acceptors (Lipinski definition) is 7. The van der Waals surface area contributed by atoms with E-state index in [1.54, 1.807) is 56.5 Å². The summed E-state index contributed by atoms with van der Waals surface area (Å²) in [5.74, 6) is 1.41. The van der Waals surface area contributed by atoms with Crippen LogP contribution in [0, 0.1) is 12.7 Å². The molecule has 0 aliphatic carbocycles. The molecule has 0 spiro atoms. The highest BCUT2D eigenvalue weighted by molar-refractivity contribution is 5.83. The monoisotopic (exact) mass is 490 g/mol. The lowest BCUT2D eigenvalue weighted by Crippen LogP contribution is -2.46. The van der Waals surface area contributed by atoms with Crippen LogP contribution >= 0.6 is 0 Å². The van der Waals surface area contributed by atoms with Crippen molar-refractivity contribution >= 4 is 16.7 Å². The van der Waals surface area contributed by atoms with Gasteiger partial charge in [-0.25, -0.2) is 4.39 Å². The van der Waals surface area contributed by atoms with E-state index in [4.69, 9.17) is 13.9 Å². The summed E-state index contributed by atoms with van der Waals surface area (Å²) in [5.41, 5.74) is 1.17. The van der Waals surface area contributed by atoms with Gasteiger partial charge in [0.25, 0.3) is 0 Å². The Morgan fingerprint density at radius 2 is 1.67 bits per heavy atom. The number of phenolic OH excluding ortho intramolecular Hbond substituents is 1. The van der Waals surface area contributed by atoms with Gasteiger partial charge >= 0.3 is 0 Å². The Labute approximate surface area is 207 Å². The first kappa shape index (κ1) is 23.7. The van der Waals surface area contributed by atoms with Crippen molar-refractivity contribution < 1.29 is 23.4 Å². The molecular weight excluding hydrogens is 463 g/mol. The molecule has 4 aromatic rings. The van der Waals surface area contributed by atoms with Crippen LogP contribution in [0.3, 0.4) is 0 Å². The number of aryl methyl sites for hydroxylation is 1. The molecule has 1 aliphatic rings. The summed E-state index contributed by atoms with van der Waals surface area (Å²) < 4.78 is 31.3. The van der Waals surface area contributed by atoms with E-state index in [1.165, 1.54) is 12.1 Å². The second-order valence-corrected chi connectivity index (χ2v) is 8.75. The zero-order valence-electron chi connectivity index (χ0n) is 20.2. The summed E-state index contributed by atoms with van der Waals surface area (Å²) in [6, 6.07) is 16.7. The zero-order chi connectivity index (χ0) is 25.2. The van der Waals surface area contributed by atoms with E-state index in [-0.39, 0.29) is 22.7 Å². The quantitative estimate of drug-likeness (QED) is 0.405. The van der Waals surface area contributed by atoms with Gasteiger partial charge in [-0.15, -0.1) is 0 Å². The van der Waals surface area contributed by atoms with Crippen LogP contribution in [0.2, 0.25) is 0 Å². The molecular formula is C28H27FN2O5. The van der Waals surface area contributed by atoms with E-state index in [9.17, 15) is 14.3 Å². The molecule has 36 heavy (non-hydrogen) atoms. The number of ether oxygens (including phenoxy) is 2. The van der Waals surface area contributed by atoms with Crippen LogP contribution < -0.4 is 19.8 Å². The van der Waals surface area contributed by atoms with E-state index < -0.39 is 0 Å². The number of benzene rings is 3. The molecule has 0 bridgehead atoms. The summed E-state index contributed by atoms with van der Waals surface area (Å²) in [6.45, 7) is 4.71. The number of rotatable bonds is 6. The summed E-state index contributed by atoms with van der Waals surface area (Å²) in [7, 11) is 1.58. The Balaban J connectivity index is 1.39. The Bertz CT molecular complexity index is 1440. The van der Waals surface area contributed by atoms with Gasteiger partial charge in [-0.05, 0) is 55.5 Å². The molecule has 0 amide bonds. The summed E-state index contributed by atoms with van der Waals surface area (Å²) in [5, 5.41) is 11.0. The minimum absolute atomic E-state index is 0.0606. The van der Waals surface area contributed by atoms with E-state index >= 15 is 0 Å². The number of methoxy groups -OCH3 is 1. The summed E-state index contributed by atoms with van der Waals surface area (Å²) in [4.78, 5) is 17.5. The van der Waals surface area contributed by atoms with Gasteiger partial charge in [0.05, 0.1) is 23.7 Å². The summed E-state index contributed by atoms with van der Waals surface area (Å²) >= 11 is 0. The molecule has 0 radical (unpaired) electrons. The molecule has 3 aromatic carbocycles. The Kier molecular flexibility index (Phi) is 6.52. The van der Waals surface area contributed by atoms with E-state index in [0.717, 1.165) is 0 Å². The minimum atomic E-state index is -0.310. The number of phenols is 1. The third kappa shape index (κ3) is 4.59. The van der Waals surface area contributed by atoms with Crippen molar-refractivity contribution in [3.8, 4) is 23.0 Å². The fraction of sp³-hybridized carbons (Fsp3) is 0.250. The highest BCUT2D eigenvalue weighted by atomic mass is 19.1. The molecule has 1 saturated heterocycles. The van der Waals surface area contributed by atoms with E-state index in [0.29, 0.717) is 72.2 Å². The van der Waals surface area contributed by atoms with Crippen LogP contribution in [0.15, 0.2) is 69.9 Å². The molecule has 1 aliphatic heterocycles. The van der Waals surface area contributed by atoms with E-state index in [2.05, 4.69) is 4.90 Å². The zero-order valence-corrected chi connectivity index (χ0v) is 20.2. The molecule has 0 atom stereocenters. The average molecular weight is 491 g/mol. The smallest absolute Gasteiger partial charge is 0.235 e. The number of hydrogen-bond donors (Lipinski definition) is 1. The lowest BCUT2D eigenvalue weighted by Gasteiger charge is -2.36. The lowest BCUT2D eigenvalue weighted by atomic mass is 10.1. The second-order valence-electron chi connectivity index (χ2n) is 8.75. The number of para-hydroxylation sites is 1. The van der Waals surface area contributed by atoms with Crippen molar-refractivity contribution in [2.24, 2.45) is 0 Å². The van der Waals surface area contributed by atoms with Gasteiger partial charge in [-0.1, -0.05) is 12.1 Å². The number of piperazine rings is 1.